The van der Waals surface area contributed by atoms with Gasteiger partial charge in [0, 0.05) is 0 Å². The van der Waals surface area contributed by atoms with Crippen molar-refractivity contribution < 1.29 is 24.3 Å². The maximum absolute atomic E-state index is 10.7. The van der Waals surface area contributed by atoms with Gasteiger partial charge in [-0.05, 0) is 32.2 Å². The van der Waals surface area contributed by atoms with Crippen molar-refractivity contribution in [3.8, 4) is 0 Å². The van der Waals surface area contributed by atoms with Crippen molar-refractivity contribution in [2.75, 3.05) is 0 Å². The molecule has 0 fully saturated rings. The molecule has 0 saturated carbocycles. The third-order valence-corrected chi connectivity index (χ3v) is 1.21. The van der Waals surface area contributed by atoms with Crippen molar-refractivity contribution in [1.82, 2.24) is 0 Å². The standard InChI is InChI=1S/C8H16O5/c1-5-7(4)11-13-12-8(9)10-6(2)3/h6-7H,5H2,1-4H3. The smallest absolute Gasteiger partial charge is 0.430 e. The molecule has 0 aromatic carbocycles. The minimum absolute atomic E-state index is 0.119. The molecule has 0 N–H and O–H groups in total. The van der Waals surface area contributed by atoms with E-state index >= 15 is 0 Å². The zero-order valence-corrected chi connectivity index (χ0v) is 8.40. The molecule has 0 aliphatic carbocycles. The average molecular weight is 192 g/mol. The van der Waals surface area contributed by atoms with Crippen molar-refractivity contribution >= 4 is 6.16 Å². The molecule has 0 amide bonds. The van der Waals surface area contributed by atoms with E-state index in [1.807, 2.05) is 6.92 Å². The highest BCUT2D eigenvalue weighted by Crippen LogP contribution is 1.99. The Morgan fingerprint density at radius 1 is 1.31 bits per heavy atom. The lowest BCUT2D eigenvalue weighted by Crippen LogP contribution is -2.15. The van der Waals surface area contributed by atoms with Gasteiger partial charge in [-0.15, -0.1) is 0 Å². The zero-order chi connectivity index (χ0) is 10.3. The second-order valence-corrected chi connectivity index (χ2v) is 2.88. The van der Waals surface area contributed by atoms with Crippen LogP contribution in [-0.2, 0) is 19.6 Å². The molecule has 0 heterocycles. The molecule has 0 radical (unpaired) electrons. The second kappa shape index (κ2) is 6.68. The van der Waals surface area contributed by atoms with Crippen molar-refractivity contribution in [1.29, 1.82) is 0 Å². The molecule has 1 unspecified atom stereocenters. The Labute approximate surface area is 77.8 Å². The minimum Gasteiger partial charge on any atom is -0.430 e. The molecule has 0 saturated heterocycles. The lowest BCUT2D eigenvalue weighted by molar-refractivity contribution is -0.500. The molecule has 0 rings (SSSR count). The highest BCUT2D eigenvalue weighted by molar-refractivity contribution is 5.59. The fourth-order valence-electron chi connectivity index (χ4n) is 0.395. The van der Waals surface area contributed by atoms with Crippen LogP contribution < -0.4 is 0 Å². The van der Waals surface area contributed by atoms with Crippen LogP contribution in [0.5, 0.6) is 0 Å². The van der Waals surface area contributed by atoms with E-state index in [0.717, 1.165) is 6.42 Å². The predicted molar refractivity (Wildman–Crippen MR) is 44.6 cm³/mol. The summed E-state index contributed by atoms with van der Waals surface area (Å²) in [6.07, 6.45) is -0.493. The van der Waals surface area contributed by atoms with Crippen LogP contribution in [-0.4, -0.2) is 18.4 Å². The van der Waals surface area contributed by atoms with Crippen LogP contribution >= 0.6 is 0 Å². The Kier molecular flexibility index (Phi) is 6.26. The molecule has 78 valence electrons. The first-order valence-corrected chi connectivity index (χ1v) is 4.26. The van der Waals surface area contributed by atoms with Gasteiger partial charge in [-0.1, -0.05) is 6.92 Å². The van der Waals surface area contributed by atoms with Gasteiger partial charge in [0.2, 0.25) is 0 Å². The molecule has 0 aromatic rings. The van der Waals surface area contributed by atoms with Gasteiger partial charge in [0.05, 0.1) is 12.2 Å². The van der Waals surface area contributed by atoms with E-state index < -0.39 is 6.16 Å². The van der Waals surface area contributed by atoms with Crippen LogP contribution in [0.25, 0.3) is 0 Å². The largest absolute Gasteiger partial charge is 0.542 e. The Hall–Kier alpha value is -0.810. The fourth-order valence-corrected chi connectivity index (χ4v) is 0.395. The fraction of sp³-hybridized carbons (Fsp3) is 0.875. The van der Waals surface area contributed by atoms with Crippen molar-refractivity contribution in [2.24, 2.45) is 0 Å². The molecular formula is C8H16O5. The van der Waals surface area contributed by atoms with E-state index in [1.54, 1.807) is 20.8 Å². The van der Waals surface area contributed by atoms with Crippen LogP contribution in [0.15, 0.2) is 0 Å². The second-order valence-electron chi connectivity index (χ2n) is 2.88. The summed E-state index contributed by atoms with van der Waals surface area (Å²) in [6.45, 7) is 7.12. The summed E-state index contributed by atoms with van der Waals surface area (Å²) in [5.74, 6) is 0. The quantitative estimate of drug-likeness (QED) is 0.379. The van der Waals surface area contributed by atoms with Gasteiger partial charge in [-0.2, -0.15) is 4.89 Å². The summed E-state index contributed by atoms with van der Waals surface area (Å²) in [6, 6.07) is 0. The van der Waals surface area contributed by atoms with Gasteiger partial charge < -0.3 is 4.74 Å². The number of carbonyl (C=O) groups is 1. The molecule has 0 bridgehead atoms. The maximum atomic E-state index is 10.7. The first kappa shape index (κ1) is 12.2. The summed E-state index contributed by atoms with van der Waals surface area (Å²) in [5.41, 5.74) is 0. The Balaban J connectivity index is 3.37. The van der Waals surface area contributed by atoms with Gasteiger partial charge in [-0.25, -0.2) is 9.68 Å². The van der Waals surface area contributed by atoms with Crippen molar-refractivity contribution in [3.63, 3.8) is 0 Å². The van der Waals surface area contributed by atoms with E-state index in [2.05, 4.69) is 19.6 Å². The van der Waals surface area contributed by atoms with Gasteiger partial charge >= 0.3 is 6.16 Å². The van der Waals surface area contributed by atoms with E-state index in [1.165, 1.54) is 0 Å². The monoisotopic (exact) mass is 192 g/mol. The SMILES string of the molecule is CCC(C)OOOC(=O)OC(C)C. The molecule has 0 spiro atoms. The van der Waals surface area contributed by atoms with E-state index in [0.29, 0.717) is 0 Å². The highest BCUT2D eigenvalue weighted by atomic mass is 17.5. The molecule has 0 aromatic heterocycles. The lowest BCUT2D eigenvalue weighted by atomic mass is 10.3. The summed E-state index contributed by atoms with van der Waals surface area (Å²) in [7, 11) is 0. The number of rotatable bonds is 5. The van der Waals surface area contributed by atoms with Gasteiger partial charge in [-0.3, -0.25) is 0 Å². The van der Waals surface area contributed by atoms with Crippen LogP contribution in [0.2, 0.25) is 0 Å². The zero-order valence-electron chi connectivity index (χ0n) is 8.40. The summed E-state index contributed by atoms with van der Waals surface area (Å²) < 4.78 is 4.60. The van der Waals surface area contributed by atoms with Crippen LogP contribution in [0, 0.1) is 0 Å². The van der Waals surface area contributed by atoms with Crippen LogP contribution in [0.3, 0.4) is 0 Å². The average Bonchev–Trinajstić information content (AvgIpc) is 2.02. The van der Waals surface area contributed by atoms with E-state index in [9.17, 15) is 4.79 Å². The predicted octanol–water partition coefficient (Wildman–Crippen LogP) is 2.21. The Morgan fingerprint density at radius 2 is 1.92 bits per heavy atom. The minimum atomic E-state index is -0.904. The van der Waals surface area contributed by atoms with E-state index in [4.69, 9.17) is 0 Å². The molecule has 1 atom stereocenters. The summed E-state index contributed by atoms with van der Waals surface area (Å²) >= 11 is 0. The third kappa shape index (κ3) is 7.55. The van der Waals surface area contributed by atoms with Crippen molar-refractivity contribution in [2.45, 2.75) is 46.3 Å². The van der Waals surface area contributed by atoms with E-state index in [-0.39, 0.29) is 12.2 Å². The summed E-state index contributed by atoms with van der Waals surface area (Å²) in [5, 5.41) is 4.17. The molecule has 13 heavy (non-hydrogen) atoms. The van der Waals surface area contributed by atoms with Gasteiger partial charge in [0.25, 0.3) is 0 Å². The number of hydrogen-bond acceptors (Lipinski definition) is 5. The van der Waals surface area contributed by atoms with Gasteiger partial charge in [0.1, 0.15) is 0 Å². The maximum Gasteiger partial charge on any atom is 0.542 e. The van der Waals surface area contributed by atoms with Gasteiger partial charge in [0.15, 0.2) is 0 Å². The topological polar surface area (TPSA) is 54.0 Å². The summed E-state index contributed by atoms with van der Waals surface area (Å²) in [4.78, 5) is 19.4. The third-order valence-electron chi connectivity index (χ3n) is 1.21. The lowest BCUT2D eigenvalue weighted by Gasteiger charge is -2.08. The Bertz CT molecular complexity index is 145. The molecule has 0 aliphatic heterocycles. The first-order chi connectivity index (χ1) is 6.06. The molecule has 5 heteroatoms. The molecule has 0 aliphatic rings. The highest BCUT2D eigenvalue weighted by Gasteiger charge is 2.09. The van der Waals surface area contributed by atoms with Crippen LogP contribution in [0.4, 0.5) is 4.79 Å². The number of carbonyl (C=O) groups excluding carboxylic acids is 1. The molecular weight excluding hydrogens is 176 g/mol. The normalized spacial score (nSPS) is 12.7. The Morgan fingerprint density at radius 3 is 2.38 bits per heavy atom. The molecule has 5 nitrogen and oxygen atoms in total. The van der Waals surface area contributed by atoms with Crippen LogP contribution in [0.1, 0.15) is 34.1 Å². The van der Waals surface area contributed by atoms with Crippen molar-refractivity contribution in [3.05, 3.63) is 0 Å². The first-order valence-electron chi connectivity index (χ1n) is 4.26. The number of ether oxygens (including phenoxy) is 1. The number of hydrogen-bond donors (Lipinski definition) is 0.